The molecule has 3 aromatic rings. The first kappa shape index (κ1) is 27.7. The Kier molecular flexibility index (Phi) is 9.31. The number of rotatable bonds is 6. The predicted molar refractivity (Wildman–Crippen MR) is 125 cm³/mol. The van der Waals surface area contributed by atoms with Crippen LogP contribution in [-0.4, -0.2) is 82.0 Å². The molecular weight excluding hydrogens is 498 g/mol. The highest BCUT2D eigenvalue weighted by Gasteiger charge is 2.38. The second kappa shape index (κ2) is 12.4. The van der Waals surface area contributed by atoms with E-state index < -0.39 is 12.1 Å². The number of aliphatic carboxylic acids is 1. The second-order valence-corrected chi connectivity index (χ2v) is 8.04. The van der Waals surface area contributed by atoms with Crippen LogP contribution in [0.1, 0.15) is 10.5 Å². The fraction of sp³-hybridized carbons (Fsp3) is 0.333. The Morgan fingerprint density at radius 1 is 1.08 bits per heavy atom. The Balaban J connectivity index is 0.000000479. The van der Waals surface area contributed by atoms with Crippen molar-refractivity contribution in [2.24, 2.45) is 7.05 Å². The average molecular weight is 523 g/mol. The summed E-state index contributed by atoms with van der Waals surface area (Å²) in [6.07, 6.45) is 0.156. The third-order valence-corrected chi connectivity index (χ3v) is 5.37. The van der Waals surface area contributed by atoms with Crippen LogP contribution in [0.4, 0.5) is 17.6 Å². The number of benzene rings is 1. The molecule has 0 aliphatic carbocycles. The molecule has 1 aliphatic rings. The summed E-state index contributed by atoms with van der Waals surface area (Å²) in [5.41, 5.74) is 2.83. The normalized spacial score (nSPS) is 14.0. The molecule has 0 saturated carbocycles. The van der Waals surface area contributed by atoms with Crippen molar-refractivity contribution in [2.75, 3.05) is 39.4 Å². The van der Waals surface area contributed by atoms with Gasteiger partial charge < -0.3 is 19.7 Å². The molecule has 2 aromatic heterocycles. The topological polar surface area (TPSA) is 110 Å². The molecule has 37 heavy (non-hydrogen) atoms. The van der Waals surface area contributed by atoms with Gasteiger partial charge in [0.15, 0.2) is 5.82 Å². The van der Waals surface area contributed by atoms with E-state index in [1.807, 2.05) is 19.3 Å². The van der Waals surface area contributed by atoms with Gasteiger partial charge in [-0.05, 0) is 18.2 Å². The van der Waals surface area contributed by atoms with E-state index in [-0.39, 0.29) is 11.7 Å². The first-order valence-electron chi connectivity index (χ1n) is 11.2. The molecule has 1 amide bonds. The van der Waals surface area contributed by atoms with Crippen LogP contribution in [0.15, 0.2) is 48.9 Å². The number of morpholine rings is 1. The van der Waals surface area contributed by atoms with Crippen LogP contribution in [0, 0.1) is 5.82 Å². The molecule has 1 fully saturated rings. The van der Waals surface area contributed by atoms with E-state index in [4.69, 9.17) is 14.6 Å². The Bertz CT molecular complexity index is 1210. The van der Waals surface area contributed by atoms with Crippen LogP contribution in [0.25, 0.3) is 22.5 Å². The number of halogens is 4. The summed E-state index contributed by atoms with van der Waals surface area (Å²) in [4.78, 5) is 32.4. The molecule has 1 aliphatic heterocycles. The highest BCUT2D eigenvalue weighted by Crippen LogP contribution is 2.23. The number of aromatic nitrogens is 3. The van der Waals surface area contributed by atoms with Crippen molar-refractivity contribution in [1.29, 1.82) is 0 Å². The summed E-state index contributed by atoms with van der Waals surface area (Å²) in [6, 6.07) is 8.00. The SMILES string of the molecule is Cn1cc(-c2cnc(-c3cccc(F)c3)nc2)cc1C(=O)NCCN1CCOCC1.O=C(O)C(F)(F)F. The quantitative estimate of drug-likeness (QED) is 0.478. The van der Waals surface area contributed by atoms with Gasteiger partial charge in [0.1, 0.15) is 11.5 Å². The maximum atomic E-state index is 13.4. The molecule has 0 spiro atoms. The van der Waals surface area contributed by atoms with E-state index >= 15 is 0 Å². The summed E-state index contributed by atoms with van der Waals surface area (Å²) >= 11 is 0. The number of carbonyl (C=O) groups is 2. The van der Waals surface area contributed by atoms with Crippen molar-refractivity contribution in [3.8, 4) is 22.5 Å². The van der Waals surface area contributed by atoms with Crippen molar-refractivity contribution in [1.82, 2.24) is 24.8 Å². The lowest BCUT2D eigenvalue weighted by Crippen LogP contribution is -2.41. The molecule has 0 radical (unpaired) electrons. The summed E-state index contributed by atoms with van der Waals surface area (Å²) < 4.78 is 52.3. The molecular formula is C24H25F4N5O4. The zero-order valence-electron chi connectivity index (χ0n) is 19.8. The van der Waals surface area contributed by atoms with Gasteiger partial charge in [0.25, 0.3) is 5.91 Å². The van der Waals surface area contributed by atoms with Crippen LogP contribution in [-0.2, 0) is 16.6 Å². The first-order valence-corrected chi connectivity index (χ1v) is 11.2. The van der Waals surface area contributed by atoms with Crippen molar-refractivity contribution < 1.29 is 37.0 Å². The molecule has 3 heterocycles. The van der Waals surface area contributed by atoms with E-state index in [0.29, 0.717) is 23.6 Å². The van der Waals surface area contributed by atoms with Crippen molar-refractivity contribution in [3.05, 3.63) is 60.4 Å². The minimum Gasteiger partial charge on any atom is -0.475 e. The molecule has 0 unspecified atom stereocenters. The van der Waals surface area contributed by atoms with E-state index in [9.17, 15) is 22.4 Å². The van der Waals surface area contributed by atoms with E-state index in [1.54, 1.807) is 29.1 Å². The van der Waals surface area contributed by atoms with E-state index in [0.717, 1.165) is 44.0 Å². The van der Waals surface area contributed by atoms with Gasteiger partial charge in [0.05, 0.1) is 13.2 Å². The maximum absolute atomic E-state index is 13.4. The minimum absolute atomic E-state index is 0.116. The van der Waals surface area contributed by atoms with Crippen LogP contribution in [0.3, 0.4) is 0 Å². The maximum Gasteiger partial charge on any atom is 0.490 e. The van der Waals surface area contributed by atoms with Gasteiger partial charge >= 0.3 is 12.1 Å². The Morgan fingerprint density at radius 2 is 1.73 bits per heavy atom. The van der Waals surface area contributed by atoms with Crippen molar-refractivity contribution in [2.45, 2.75) is 6.18 Å². The Labute approximate surface area is 209 Å². The molecule has 198 valence electrons. The smallest absolute Gasteiger partial charge is 0.475 e. The average Bonchev–Trinajstić information content (AvgIpc) is 3.26. The summed E-state index contributed by atoms with van der Waals surface area (Å²) in [7, 11) is 1.84. The van der Waals surface area contributed by atoms with Crippen molar-refractivity contribution in [3.63, 3.8) is 0 Å². The molecule has 9 nitrogen and oxygen atoms in total. The highest BCUT2D eigenvalue weighted by molar-refractivity contribution is 5.94. The van der Waals surface area contributed by atoms with Gasteiger partial charge in [-0.1, -0.05) is 12.1 Å². The molecule has 0 atom stereocenters. The van der Waals surface area contributed by atoms with Crippen LogP contribution < -0.4 is 5.32 Å². The van der Waals surface area contributed by atoms with Crippen molar-refractivity contribution >= 4 is 11.9 Å². The number of carbonyl (C=O) groups excluding carboxylic acids is 1. The number of ether oxygens (including phenoxy) is 1. The van der Waals surface area contributed by atoms with Gasteiger partial charge in [0, 0.05) is 68.5 Å². The Hall–Kier alpha value is -3.84. The zero-order chi connectivity index (χ0) is 27.0. The van der Waals surface area contributed by atoms with Gasteiger partial charge in [-0.25, -0.2) is 19.2 Å². The fourth-order valence-corrected chi connectivity index (χ4v) is 3.44. The van der Waals surface area contributed by atoms with Gasteiger partial charge in [-0.15, -0.1) is 0 Å². The fourth-order valence-electron chi connectivity index (χ4n) is 3.44. The Morgan fingerprint density at radius 3 is 2.32 bits per heavy atom. The number of amides is 1. The molecule has 4 rings (SSSR count). The third kappa shape index (κ3) is 8.08. The summed E-state index contributed by atoms with van der Waals surface area (Å²) in [5.74, 6) is -2.75. The lowest BCUT2D eigenvalue weighted by atomic mass is 10.1. The van der Waals surface area contributed by atoms with Crippen LogP contribution in [0.5, 0.6) is 0 Å². The van der Waals surface area contributed by atoms with Crippen LogP contribution >= 0.6 is 0 Å². The number of carboxylic acids is 1. The molecule has 0 bridgehead atoms. The number of alkyl halides is 3. The second-order valence-electron chi connectivity index (χ2n) is 8.04. The molecule has 13 heteroatoms. The number of aryl methyl sites for hydroxylation is 1. The molecule has 2 N–H and O–H groups in total. The van der Waals surface area contributed by atoms with Gasteiger partial charge in [-0.3, -0.25) is 9.69 Å². The first-order chi connectivity index (χ1) is 17.5. The highest BCUT2D eigenvalue weighted by atomic mass is 19.4. The third-order valence-electron chi connectivity index (χ3n) is 5.37. The molecule has 1 saturated heterocycles. The standard InChI is InChI=1S/C22H24FN5O2.C2HF3O2/c1-27-15-17(12-20(27)22(29)24-5-6-28-7-9-30-10-8-28)18-13-25-21(26-14-18)16-3-2-4-19(23)11-16;3-2(4,5)1(6)7/h2-4,11-15H,5-10H2,1H3,(H,24,29);(H,6,7). The van der Waals surface area contributed by atoms with Gasteiger partial charge in [-0.2, -0.15) is 13.2 Å². The monoisotopic (exact) mass is 523 g/mol. The van der Waals surface area contributed by atoms with E-state index in [1.165, 1.54) is 12.1 Å². The number of hydrogen-bond acceptors (Lipinski definition) is 6. The number of hydrogen-bond donors (Lipinski definition) is 2. The summed E-state index contributed by atoms with van der Waals surface area (Å²) in [5, 5.41) is 10.1. The lowest BCUT2D eigenvalue weighted by Gasteiger charge is -2.26. The van der Waals surface area contributed by atoms with Gasteiger partial charge in [0.2, 0.25) is 0 Å². The minimum atomic E-state index is -5.08. The van der Waals surface area contributed by atoms with E-state index in [2.05, 4.69) is 20.2 Å². The predicted octanol–water partition coefficient (Wildman–Crippen LogP) is 2.98. The largest absolute Gasteiger partial charge is 0.490 e. The number of carboxylic acid groups (broad SMARTS) is 1. The molecule has 1 aromatic carbocycles. The van der Waals surface area contributed by atoms with Crippen LogP contribution in [0.2, 0.25) is 0 Å². The summed E-state index contributed by atoms with van der Waals surface area (Å²) in [6.45, 7) is 4.68. The number of nitrogens with one attached hydrogen (secondary N) is 1. The lowest BCUT2D eigenvalue weighted by molar-refractivity contribution is -0.192. The zero-order valence-corrected chi connectivity index (χ0v) is 19.8. The number of nitrogens with zero attached hydrogens (tertiary/aromatic N) is 4.